The monoisotopic (exact) mass is 312 g/mol. The van der Waals surface area contributed by atoms with Crippen LogP contribution in [-0.2, 0) is 0 Å². The molecule has 1 heterocycles. The van der Waals surface area contributed by atoms with Crippen molar-refractivity contribution in [1.29, 1.82) is 0 Å². The van der Waals surface area contributed by atoms with Crippen LogP contribution in [0.2, 0.25) is 5.02 Å². The van der Waals surface area contributed by atoms with Gasteiger partial charge in [0.05, 0.1) is 0 Å². The number of rotatable bonds is 3. The van der Waals surface area contributed by atoms with Crippen LogP contribution in [-0.4, -0.2) is 20.6 Å². The van der Waals surface area contributed by atoms with Crippen LogP contribution in [0, 0.1) is 6.92 Å². The Kier molecular flexibility index (Phi) is 3.69. The number of carbonyl (C=O) groups is 1. The lowest BCUT2D eigenvalue weighted by molar-refractivity contribution is 0.0691. The van der Waals surface area contributed by atoms with E-state index in [2.05, 4.69) is 4.98 Å². The molecule has 1 N–H and O–H groups in total. The Balaban J connectivity index is 2.20. The van der Waals surface area contributed by atoms with Crippen molar-refractivity contribution in [3.05, 3.63) is 71.0 Å². The Morgan fingerprint density at radius 3 is 2.55 bits per heavy atom. The van der Waals surface area contributed by atoms with E-state index in [0.29, 0.717) is 10.8 Å². The molecule has 0 aliphatic rings. The molecular formula is C17H13ClN2O2. The molecule has 0 saturated carbocycles. The van der Waals surface area contributed by atoms with E-state index in [4.69, 9.17) is 11.6 Å². The number of carboxylic acid groups (broad SMARTS) is 1. The minimum atomic E-state index is -1.05. The molecule has 0 amide bonds. The van der Waals surface area contributed by atoms with Crippen molar-refractivity contribution in [2.75, 3.05) is 0 Å². The minimum absolute atomic E-state index is 0.00598. The maximum Gasteiger partial charge on any atom is 0.356 e. The summed E-state index contributed by atoms with van der Waals surface area (Å²) < 4.78 is 1.78. The lowest BCUT2D eigenvalue weighted by Crippen LogP contribution is -1.96. The summed E-state index contributed by atoms with van der Waals surface area (Å²) in [7, 11) is 0. The molecule has 5 heteroatoms. The van der Waals surface area contributed by atoms with E-state index in [1.807, 2.05) is 43.3 Å². The summed E-state index contributed by atoms with van der Waals surface area (Å²) >= 11 is 5.91. The summed E-state index contributed by atoms with van der Waals surface area (Å²) in [5.74, 6) is -0.485. The van der Waals surface area contributed by atoms with Gasteiger partial charge >= 0.3 is 5.97 Å². The largest absolute Gasteiger partial charge is 0.476 e. The third kappa shape index (κ3) is 2.73. The van der Waals surface area contributed by atoms with E-state index >= 15 is 0 Å². The van der Waals surface area contributed by atoms with E-state index in [0.717, 1.165) is 16.8 Å². The number of aromatic nitrogens is 2. The van der Waals surface area contributed by atoms with E-state index in [1.54, 1.807) is 16.7 Å². The first-order valence-corrected chi connectivity index (χ1v) is 7.08. The molecule has 4 nitrogen and oxygen atoms in total. The molecule has 0 aliphatic carbocycles. The normalized spacial score (nSPS) is 10.6. The van der Waals surface area contributed by atoms with Gasteiger partial charge < -0.3 is 5.11 Å². The fourth-order valence-electron chi connectivity index (χ4n) is 2.26. The van der Waals surface area contributed by atoms with Crippen molar-refractivity contribution in [2.45, 2.75) is 6.92 Å². The second-order valence-corrected chi connectivity index (χ2v) is 5.41. The van der Waals surface area contributed by atoms with Crippen LogP contribution in [0.25, 0.3) is 17.1 Å². The van der Waals surface area contributed by atoms with Crippen LogP contribution in [0.1, 0.15) is 16.1 Å². The summed E-state index contributed by atoms with van der Waals surface area (Å²) in [5, 5.41) is 9.84. The Bertz CT molecular complexity index is 838. The molecular weight excluding hydrogens is 300 g/mol. The van der Waals surface area contributed by atoms with Crippen LogP contribution in [0.3, 0.4) is 0 Å². The van der Waals surface area contributed by atoms with Crippen molar-refractivity contribution in [3.8, 4) is 17.1 Å². The van der Waals surface area contributed by atoms with Gasteiger partial charge in [-0.1, -0.05) is 23.7 Å². The zero-order chi connectivity index (χ0) is 15.7. The zero-order valence-electron chi connectivity index (χ0n) is 11.8. The quantitative estimate of drug-likeness (QED) is 0.788. The highest BCUT2D eigenvalue weighted by Gasteiger charge is 2.15. The van der Waals surface area contributed by atoms with Gasteiger partial charge in [-0.15, -0.1) is 0 Å². The maximum absolute atomic E-state index is 11.3. The Hall–Kier alpha value is -2.59. The number of nitrogens with zero attached hydrogens (tertiary/aromatic N) is 2. The number of hydrogen-bond donors (Lipinski definition) is 1. The highest BCUT2D eigenvalue weighted by atomic mass is 35.5. The number of halogens is 1. The van der Waals surface area contributed by atoms with Crippen LogP contribution in [0.5, 0.6) is 0 Å². The van der Waals surface area contributed by atoms with Crippen molar-refractivity contribution in [1.82, 2.24) is 9.55 Å². The molecule has 0 atom stereocenters. The number of aromatic carboxylic acids is 1. The molecule has 0 saturated heterocycles. The van der Waals surface area contributed by atoms with E-state index in [9.17, 15) is 9.90 Å². The van der Waals surface area contributed by atoms with E-state index in [1.165, 1.54) is 6.20 Å². The number of carboxylic acids is 1. The number of hydrogen-bond acceptors (Lipinski definition) is 2. The third-order valence-electron chi connectivity index (χ3n) is 3.31. The smallest absolute Gasteiger partial charge is 0.356 e. The second kappa shape index (κ2) is 5.66. The fraction of sp³-hybridized carbons (Fsp3) is 0.0588. The number of imidazole rings is 1. The van der Waals surface area contributed by atoms with E-state index in [-0.39, 0.29) is 5.69 Å². The minimum Gasteiger partial charge on any atom is -0.476 e. The average Bonchev–Trinajstić information content (AvgIpc) is 2.93. The van der Waals surface area contributed by atoms with Gasteiger partial charge in [0.2, 0.25) is 0 Å². The third-order valence-corrected chi connectivity index (χ3v) is 3.56. The molecule has 22 heavy (non-hydrogen) atoms. The van der Waals surface area contributed by atoms with Gasteiger partial charge in [-0.3, -0.25) is 4.57 Å². The first-order valence-electron chi connectivity index (χ1n) is 6.70. The first kappa shape index (κ1) is 14.4. The first-order chi connectivity index (χ1) is 10.5. The molecule has 0 unspecified atom stereocenters. The van der Waals surface area contributed by atoms with Crippen molar-refractivity contribution >= 4 is 17.6 Å². The molecule has 0 spiro atoms. The Morgan fingerprint density at radius 1 is 1.18 bits per heavy atom. The standard InChI is InChI=1S/C17H13ClN2O2/c1-11-3-2-4-14(9-11)20-10-15(17(21)22)19-16(20)12-5-7-13(18)8-6-12/h2-10H,1H3,(H,21,22). The lowest BCUT2D eigenvalue weighted by Gasteiger charge is -2.08. The Morgan fingerprint density at radius 2 is 1.91 bits per heavy atom. The maximum atomic E-state index is 11.3. The van der Waals surface area contributed by atoms with Gasteiger partial charge in [0, 0.05) is 22.5 Å². The second-order valence-electron chi connectivity index (χ2n) is 4.97. The average molecular weight is 313 g/mol. The molecule has 0 bridgehead atoms. The van der Waals surface area contributed by atoms with Gasteiger partial charge in [-0.05, 0) is 48.9 Å². The Labute approximate surface area is 132 Å². The molecule has 2 aromatic carbocycles. The summed E-state index contributed by atoms with van der Waals surface area (Å²) in [5.41, 5.74) is 2.76. The van der Waals surface area contributed by atoms with E-state index < -0.39 is 5.97 Å². The predicted octanol–water partition coefficient (Wildman–Crippen LogP) is 4.20. The van der Waals surface area contributed by atoms with Gasteiger partial charge in [-0.25, -0.2) is 9.78 Å². The summed E-state index contributed by atoms with van der Waals surface area (Å²) in [4.78, 5) is 15.5. The fourth-order valence-corrected chi connectivity index (χ4v) is 2.39. The molecule has 3 aromatic rings. The summed E-state index contributed by atoms with van der Waals surface area (Å²) in [6, 6.07) is 15.0. The predicted molar refractivity (Wildman–Crippen MR) is 85.7 cm³/mol. The van der Waals surface area contributed by atoms with Gasteiger partial charge in [0.1, 0.15) is 5.82 Å². The van der Waals surface area contributed by atoms with Gasteiger partial charge in [-0.2, -0.15) is 0 Å². The van der Waals surface area contributed by atoms with Crippen molar-refractivity contribution < 1.29 is 9.90 Å². The van der Waals surface area contributed by atoms with Crippen LogP contribution >= 0.6 is 11.6 Å². The SMILES string of the molecule is Cc1cccc(-n2cc(C(=O)O)nc2-c2ccc(Cl)cc2)c1. The molecule has 0 aliphatic heterocycles. The summed E-state index contributed by atoms with van der Waals surface area (Å²) in [6.45, 7) is 1.99. The van der Waals surface area contributed by atoms with Gasteiger partial charge in [0.15, 0.2) is 5.69 Å². The number of benzene rings is 2. The number of aryl methyl sites for hydroxylation is 1. The van der Waals surface area contributed by atoms with Crippen LogP contribution in [0.4, 0.5) is 0 Å². The van der Waals surface area contributed by atoms with Gasteiger partial charge in [0.25, 0.3) is 0 Å². The van der Waals surface area contributed by atoms with Crippen molar-refractivity contribution in [3.63, 3.8) is 0 Å². The molecule has 110 valence electrons. The van der Waals surface area contributed by atoms with Crippen molar-refractivity contribution in [2.24, 2.45) is 0 Å². The molecule has 0 radical (unpaired) electrons. The molecule has 0 fully saturated rings. The zero-order valence-corrected chi connectivity index (χ0v) is 12.6. The summed E-state index contributed by atoms with van der Waals surface area (Å²) in [6.07, 6.45) is 1.53. The lowest BCUT2D eigenvalue weighted by atomic mass is 10.2. The highest BCUT2D eigenvalue weighted by molar-refractivity contribution is 6.30. The topological polar surface area (TPSA) is 55.1 Å². The molecule has 1 aromatic heterocycles. The van der Waals surface area contributed by atoms with Crippen LogP contribution < -0.4 is 0 Å². The molecule has 3 rings (SSSR count). The van der Waals surface area contributed by atoms with Crippen LogP contribution in [0.15, 0.2) is 54.7 Å². The highest BCUT2D eigenvalue weighted by Crippen LogP contribution is 2.25.